The number of alkyl halides is 3. The molecule has 2 heterocycles. The van der Waals surface area contributed by atoms with Crippen LogP contribution in [0.15, 0.2) is 23.1 Å². The van der Waals surface area contributed by atoms with Crippen molar-refractivity contribution >= 4 is 29.6 Å². The summed E-state index contributed by atoms with van der Waals surface area (Å²) in [5, 5.41) is 9.91. The second kappa shape index (κ2) is 15.2. The largest absolute Gasteiger partial charge is 0.490 e. The number of nitrogens with one attached hydrogen (secondary N) is 3. The number of nitrogens with two attached hydrogens (primary N) is 1. The molecule has 43 heavy (non-hydrogen) atoms. The Labute approximate surface area is 246 Å². The first-order valence-corrected chi connectivity index (χ1v) is 13.6. The number of aryl methyl sites for hydroxylation is 2. The molecule has 0 bridgehead atoms. The number of hydrogen-bond acceptors (Lipinski definition) is 9. The number of carbonyl (C=O) groups excluding carboxylic acids is 2. The van der Waals surface area contributed by atoms with Crippen molar-refractivity contribution in [3.05, 3.63) is 45.6 Å². The number of hydrogen-bond donors (Lipinski definition) is 5. The van der Waals surface area contributed by atoms with Gasteiger partial charge in [0.1, 0.15) is 18.5 Å². The Hall–Kier alpha value is -4.37. The Morgan fingerprint density at radius 1 is 1.21 bits per heavy atom. The Morgan fingerprint density at radius 3 is 2.44 bits per heavy atom. The first-order chi connectivity index (χ1) is 20.0. The van der Waals surface area contributed by atoms with Gasteiger partial charge in [-0.2, -0.15) is 13.2 Å². The second-order valence-electron chi connectivity index (χ2n) is 10.7. The van der Waals surface area contributed by atoms with Crippen LogP contribution in [-0.2, 0) is 27.4 Å². The molecule has 0 aliphatic heterocycles. The third-order valence-electron chi connectivity index (χ3n) is 6.99. The molecular formula is C27H38F3N7O6. The van der Waals surface area contributed by atoms with Crippen molar-refractivity contribution in [3.63, 3.8) is 0 Å². The first kappa shape index (κ1) is 34.8. The van der Waals surface area contributed by atoms with Crippen LogP contribution >= 0.6 is 0 Å². The minimum Gasteiger partial charge on any atom is -0.475 e. The number of halogens is 3. The van der Waals surface area contributed by atoms with Crippen LogP contribution in [0.25, 0.3) is 0 Å². The van der Waals surface area contributed by atoms with Crippen LogP contribution in [0.5, 0.6) is 0 Å². The lowest BCUT2D eigenvalue weighted by atomic mass is 9.75. The first-order valence-electron chi connectivity index (χ1n) is 13.6. The summed E-state index contributed by atoms with van der Waals surface area (Å²) >= 11 is 0. The predicted molar refractivity (Wildman–Crippen MR) is 151 cm³/mol. The number of hydrazine groups is 1. The predicted octanol–water partition coefficient (Wildman–Crippen LogP) is 3.30. The highest BCUT2D eigenvalue weighted by Gasteiger charge is 2.38. The number of amides is 2. The smallest absolute Gasteiger partial charge is 0.475 e. The molecule has 2 amide bonds. The van der Waals surface area contributed by atoms with E-state index in [0.717, 1.165) is 30.5 Å². The summed E-state index contributed by atoms with van der Waals surface area (Å²) < 4.78 is 38.7. The van der Waals surface area contributed by atoms with Crippen molar-refractivity contribution in [2.24, 2.45) is 17.8 Å². The van der Waals surface area contributed by atoms with Crippen LogP contribution in [0.3, 0.4) is 0 Å². The number of carbonyl (C=O) groups is 3. The number of nitrogen functional groups attached to an aromatic ring is 1. The molecule has 0 spiro atoms. The van der Waals surface area contributed by atoms with Gasteiger partial charge in [-0.05, 0) is 56.1 Å². The van der Waals surface area contributed by atoms with Gasteiger partial charge in [-0.1, -0.05) is 33.3 Å². The maximum absolute atomic E-state index is 12.9. The van der Waals surface area contributed by atoms with E-state index in [0.29, 0.717) is 29.3 Å². The molecular weight excluding hydrogens is 575 g/mol. The SMILES string of the molecule is Cc1nc(N)ccc1CNC(=O)Cn1c(C)cnc(NNC(=O)O[C@@H]2C[C@H](C)CCC2C(C)C)c1=O.O=C(O)C(F)(F)F. The fourth-order valence-corrected chi connectivity index (χ4v) is 4.57. The quantitative estimate of drug-likeness (QED) is 0.276. The Bertz CT molecular complexity index is 1350. The van der Waals surface area contributed by atoms with Crippen LogP contribution in [0.4, 0.5) is 29.6 Å². The molecule has 3 atom stereocenters. The van der Waals surface area contributed by atoms with Crippen LogP contribution < -0.4 is 27.5 Å². The van der Waals surface area contributed by atoms with Gasteiger partial charge in [0.25, 0.3) is 5.56 Å². The van der Waals surface area contributed by atoms with Gasteiger partial charge in [0.05, 0.1) is 0 Å². The van der Waals surface area contributed by atoms with Gasteiger partial charge in [-0.15, -0.1) is 0 Å². The van der Waals surface area contributed by atoms with Crippen LogP contribution in [0, 0.1) is 31.6 Å². The number of ether oxygens (including phenoxy) is 1. The number of anilines is 2. The summed E-state index contributed by atoms with van der Waals surface area (Å²) in [5.74, 6) is -1.62. The highest BCUT2D eigenvalue weighted by atomic mass is 19.4. The minimum absolute atomic E-state index is 0.110. The van der Waals surface area contributed by atoms with Crippen molar-refractivity contribution < 1.29 is 37.4 Å². The van der Waals surface area contributed by atoms with Gasteiger partial charge in [0.15, 0.2) is 0 Å². The monoisotopic (exact) mass is 613 g/mol. The van der Waals surface area contributed by atoms with E-state index in [1.165, 1.54) is 10.8 Å². The van der Waals surface area contributed by atoms with E-state index >= 15 is 0 Å². The van der Waals surface area contributed by atoms with Gasteiger partial charge in [0, 0.05) is 24.1 Å². The highest BCUT2D eigenvalue weighted by Crippen LogP contribution is 2.35. The molecule has 0 radical (unpaired) electrons. The fourth-order valence-electron chi connectivity index (χ4n) is 4.57. The van der Waals surface area contributed by atoms with Crippen molar-refractivity contribution in [1.82, 2.24) is 25.3 Å². The summed E-state index contributed by atoms with van der Waals surface area (Å²) in [6.45, 7) is 9.97. The Kier molecular flexibility index (Phi) is 12.3. The molecule has 2 aromatic heterocycles. The molecule has 1 aliphatic rings. The van der Waals surface area contributed by atoms with Crippen molar-refractivity contribution in [3.8, 4) is 0 Å². The molecule has 0 aromatic carbocycles. The van der Waals surface area contributed by atoms with E-state index in [9.17, 15) is 27.6 Å². The number of carboxylic acids is 1. The van der Waals surface area contributed by atoms with E-state index in [1.807, 2.05) is 6.92 Å². The van der Waals surface area contributed by atoms with Crippen LogP contribution in [0.1, 0.15) is 57.0 Å². The lowest BCUT2D eigenvalue weighted by Gasteiger charge is -2.36. The van der Waals surface area contributed by atoms with Crippen molar-refractivity contribution in [2.75, 3.05) is 11.2 Å². The summed E-state index contributed by atoms with van der Waals surface area (Å²) in [7, 11) is 0. The highest BCUT2D eigenvalue weighted by molar-refractivity contribution is 5.76. The van der Waals surface area contributed by atoms with Gasteiger partial charge in [0.2, 0.25) is 11.7 Å². The standard InChI is InChI=1S/C25H37N7O4.C2HF3O2/c1-14(2)19-8-6-15(3)10-20(19)36-25(35)31-30-23-24(34)32(16(4)11-28-23)13-22(33)27-12-18-7-9-21(26)29-17(18)5;3-2(4,5)1(6)7/h7,9,11,14-15,19-20H,6,8,10,12-13H2,1-5H3,(H2,26,29)(H,27,33)(H,28,30)(H,31,35);(H,6,7)/t15-,19?,20-;/m1./s1. The number of carboxylic acid groups (broad SMARTS) is 1. The molecule has 2 aromatic rings. The van der Waals surface area contributed by atoms with Crippen LogP contribution in [-0.4, -0.2) is 49.9 Å². The molecule has 1 fully saturated rings. The fraction of sp³-hybridized carbons (Fsp3) is 0.556. The maximum atomic E-state index is 12.9. The zero-order valence-corrected chi connectivity index (χ0v) is 24.6. The average Bonchev–Trinajstić information content (AvgIpc) is 2.89. The van der Waals surface area contributed by atoms with E-state index in [2.05, 4.69) is 46.9 Å². The molecule has 13 nitrogen and oxygen atoms in total. The third-order valence-corrected chi connectivity index (χ3v) is 6.99. The number of aliphatic carboxylic acids is 1. The lowest BCUT2D eigenvalue weighted by Crippen LogP contribution is -2.42. The van der Waals surface area contributed by atoms with Crippen molar-refractivity contribution in [1.29, 1.82) is 0 Å². The maximum Gasteiger partial charge on any atom is 0.490 e. The normalized spacial score (nSPS) is 18.2. The molecule has 3 rings (SSSR count). The van der Waals surface area contributed by atoms with E-state index in [-0.39, 0.29) is 30.9 Å². The third kappa shape index (κ3) is 10.8. The van der Waals surface area contributed by atoms with Crippen LogP contribution in [0.2, 0.25) is 0 Å². The van der Waals surface area contributed by atoms with Gasteiger partial charge >= 0.3 is 18.2 Å². The average molecular weight is 614 g/mol. The van der Waals surface area contributed by atoms with E-state index in [1.54, 1.807) is 19.1 Å². The van der Waals surface area contributed by atoms with Gasteiger partial charge in [-0.25, -0.2) is 25.0 Å². The molecule has 1 unspecified atom stereocenters. The lowest BCUT2D eigenvalue weighted by molar-refractivity contribution is -0.192. The van der Waals surface area contributed by atoms with Gasteiger partial charge in [-0.3, -0.25) is 19.6 Å². The number of rotatable bonds is 8. The minimum atomic E-state index is -5.08. The molecule has 238 valence electrons. The van der Waals surface area contributed by atoms with E-state index in [4.69, 9.17) is 20.4 Å². The Morgan fingerprint density at radius 2 is 1.86 bits per heavy atom. The number of nitrogens with zero attached hydrogens (tertiary/aromatic N) is 3. The zero-order chi connectivity index (χ0) is 32.5. The molecule has 6 N–H and O–H groups in total. The molecule has 0 saturated heterocycles. The number of pyridine rings is 1. The molecule has 16 heteroatoms. The zero-order valence-electron chi connectivity index (χ0n) is 24.6. The molecule has 1 saturated carbocycles. The Balaban J connectivity index is 0.000000821. The van der Waals surface area contributed by atoms with E-state index < -0.39 is 23.8 Å². The van der Waals surface area contributed by atoms with Gasteiger partial charge < -0.3 is 20.9 Å². The summed E-state index contributed by atoms with van der Waals surface area (Å²) in [5.41, 5.74) is 12.1. The van der Waals surface area contributed by atoms with Crippen molar-refractivity contribution in [2.45, 2.75) is 79.3 Å². The molecule has 1 aliphatic carbocycles. The summed E-state index contributed by atoms with van der Waals surface area (Å²) in [4.78, 5) is 55.0. The number of aromatic nitrogens is 3. The second-order valence-corrected chi connectivity index (χ2v) is 10.7. The summed E-state index contributed by atoms with van der Waals surface area (Å²) in [6.07, 6.45) is -1.52. The summed E-state index contributed by atoms with van der Waals surface area (Å²) in [6, 6.07) is 3.46. The topological polar surface area (TPSA) is 191 Å².